The number of carbonyl (C=O) groups is 1. The van der Waals surface area contributed by atoms with E-state index in [2.05, 4.69) is 31.2 Å². The van der Waals surface area contributed by atoms with E-state index in [0.29, 0.717) is 0 Å². The Labute approximate surface area is 116 Å². The van der Waals surface area contributed by atoms with Crippen LogP contribution in [0.5, 0.6) is 0 Å². The maximum absolute atomic E-state index is 12.1. The SMILES string of the molecule is CCc1ccc(C=CC(=O)N2CCCCCC2)cc1. The summed E-state index contributed by atoms with van der Waals surface area (Å²) < 4.78 is 0. The van der Waals surface area contributed by atoms with E-state index >= 15 is 0 Å². The Morgan fingerprint density at radius 3 is 2.32 bits per heavy atom. The molecule has 1 aromatic rings. The van der Waals surface area contributed by atoms with Crippen molar-refractivity contribution < 1.29 is 4.79 Å². The van der Waals surface area contributed by atoms with Crippen LogP contribution >= 0.6 is 0 Å². The molecule has 0 aromatic heterocycles. The predicted octanol–water partition coefficient (Wildman–Crippen LogP) is 3.66. The molecule has 0 bridgehead atoms. The van der Waals surface area contributed by atoms with Gasteiger partial charge in [-0.15, -0.1) is 0 Å². The van der Waals surface area contributed by atoms with E-state index in [1.165, 1.54) is 18.4 Å². The van der Waals surface area contributed by atoms with Crippen LogP contribution in [-0.2, 0) is 11.2 Å². The summed E-state index contributed by atoms with van der Waals surface area (Å²) >= 11 is 0. The Kier molecular flexibility index (Phi) is 5.20. The third kappa shape index (κ3) is 4.23. The van der Waals surface area contributed by atoms with E-state index in [1.807, 2.05) is 11.0 Å². The summed E-state index contributed by atoms with van der Waals surface area (Å²) in [5.74, 6) is 0.154. The average Bonchev–Trinajstić information content (AvgIpc) is 2.74. The molecule has 1 aromatic carbocycles. The molecule has 1 heterocycles. The van der Waals surface area contributed by atoms with Gasteiger partial charge in [0.15, 0.2) is 0 Å². The average molecular weight is 257 g/mol. The van der Waals surface area contributed by atoms with E-state index in [0.717, 1.165) is 37.9 Å². The number of hydrogen-bond acceptors (Lipinski definition) is 1. The van der Waals surface area contributed by atoms with Crippen molar-refractivity contribution in [2.45, 2.75) is 39.0 Å². The number of amides is 1. The fourth-order valence-electron chi connectivity index (χ4n) is 2.43. The Morgan fingerprint density at radius 1 is 1.11 bits per heavy atom. The minimum atomic E-state index is 0.154. The highest BCUT2D eigenvalue weighted by atomic mass is 16.2. The number of likely N-dealkylation sites (tertiary alicyclic amines) is 1. The summed E-state index contributed by atoms with van der Waals surface area (Å²) in [6.45, 7) is 3.98. The van der Waals surface area contributed by atoms with Gasteiger partial charge in [-0.05, 0) is 36.5 Å². The molecule has 0 N–H and O–H groups in total. The molecule has 1 aliphatic rings. The van der Waals surface area contributed by atoms with Gasteiger partial charge in [0.1, 0.15) is 0 Å². The minimum absolute atomic E-state index is 0.154. The fraction of sp³-hybridized carbons (Fsp3) is 0.471. The maximum atomic E-state index is 12.1. The molecular formula is C17H23NO. The molecule has 0 aliphatic carbocycles. The lowest BCUT2D eigenvalue weighted by atomic mass is 10.1. The Balaban J connectivity index is 1.94. The lowest BCUT2D eigenvalue weighted by Crippen LogP contribution is -2.30. The molecule has 19 heavy (non-hydrogen) atoms. The van der Waals surface area contributed by atoms with Gasteiger partial charge in [0.05, 0.1) is 0 Å². The molecule has 0 spiro atoms. The molecule has 2 heteroatoms. The molecule has 1 amide bonds. The normalized spacial score (nSPS) is 16.6. The van der Waals surface area contributed by atoms with E-state index < -0.39 is 0 Å². The Morgan fingerprint density at radius 2 is 1.74 bits per heavy atom. The number of benzene rings is 1. The van der Waals surface area contributed by atoms with Crippen molar-refractivity contribution in [3.63, 3.8) is 0 Å². The Hall–Kier alpha value is -1.57. The third-order valence-electron chi connectivity index (χ3n) is 3.72. The third-order valence-corrected chi connectivity index (χ3v) is 3.72. The number of rotatable bonds is 3. The highest BCUT2D eigenvalue weighted by molar-refractivity contribution is 5.91. The quantitative estimate of drug-likeness (QED) is 0.757. The molecular weight excluding hydrogens is 234 g/mol. The standard InChI is InChI=1S/C17H23NO/c1-2-15-7-9-16(10-8-15)11-12-17(19)18-13-5-3-4-6-14-18/h7-12H,2-6,13-14H2,1H3. The zero-order valence-corrected chi connectivity index (χ0v) is 11.8. The van der Waals surface area contributed by atoms with Crippen LogP contribution in [0.3, 0.4) is 0 Å². The topological polar surface area (TPSA) is 20.3 Å². The first kappa shape index (κ1) is 13.9. The second kappa shape index (κ2) is 7.13. The summed E-state index contributed by atoms with van der Waals surface area (Å²) in [5.41, 5.74) is 2.43. The number of aryl methyl sites for hydroxylation is 1. The second-order valence-corrected chi connectivity index (χ2v) is 5.17. The van der Waals surface area contributed by atoms with E-state index in [-0.39, 0.29) is 5.91 Å². The predicted molar refractivity (Wildman–Crippen MR) is 79.9 cm³/mol. The Bertz CT molecular complexity index is 425. The first-order valence-electron chi connectivity index (χ1n) is 7.35. The molecule has 1 fully saturated rings. The molecule has 1 aliphatic heterocycles. The lowest BCUT2D eigenvalue weighted by Gasteiger charge is -2.17. The van der Waals surface area contributed by atoms with Crippen LogP contribution in [0.4, 0.5) is 0 Å². The number of nitrogens with zero attached hydrogens (tertiary/aromatic N) is 1. The molecule has 0 radical (unpaired) electrons. The molecule has 0 unspecified atom stereocenters. The van der Waals surface area contributed by atoms with Gasteiger partial charge in [-0.1, -0.05) is 44.0 Å². The van der Waals surface area contributed by atoms with E-state index in [4.69, 9.17) is 0 Å². The molecule has 102 valence electrons. The van der Waals surface area contributed by atoms with E-state index in [9.17, 15) is 4.79 Å². The van der Waals surface area contributed by atoms with Crippen molar-refractivity contribution in [1.82, 2.24) is 4.90 Å². The summed E-state index contributed by atoms with van der Waals surface area (Å²) in [5, 5.41) is 0. The van der Waals surface area contributed by atoms with Gasteiger partial charge in [0, 0.05) is 19.2 Å². The van der Waals surface area contributed by atoms with Crippen LogP contribution in [0.1, 0.15) is 43.7 Å². The van der Waals surface area contributed by atoms with E-state index in [1.54, 1.807) is 6.08 Å². The number of hydrogen-bond donors (Lipinski definition) is 0. The highest BCUT2D eigenvalue weighted by Crippen LogP contribution is 2.11. The van der Waals surface area contributed by atoms with Gasteiger partial charge in [-0.3, -0.25) is 4.79 Å². The smallest absolute Gasteiger partial charge is 0.246 e. The van der Waals surface area contributed by atoms with Crippen LogP contribution < -0.4 is 0 Å². The first-order chi connectivity index (χ1) is 9.29. The van der Waals surface area contributed by atoms with Crippen molar-refractivity contribution in [2.75, 3.05) is 13.1 Å². The zero-order valence-electron chi connectivity index (χ0n) is 11.8. The monoisotopic (exact) mass is 257 g/mol. The van der Waals surface area contributed by atoms with Gasteiger partial charge in [0.2, 0.25) is 5.91 Å². The van der Waals surface area contributed by atoms with Crippen molar-refractivity contribution >= 4 is 12.0 Å². The number of carbonyl (C=O) groups excluding carboxylic acids is 1. The lowest BCUT2D eigenvalue weighted by molar-refractivity contribution is -0.125. The van der Waals surface area contributed by atoms with Crippen molar-refractivity contribution in [2.24, 2.45) is 0 Å². The summed E-state index contributed by atoms with van der Waals surface area (Å²) in [4.78, 5) is 14.1. The second-order valence-electron chi connectivity index (χ2n) is 5.17. The van der Waals surface area contributed by atoms with Gasteiger partial charge >= 0.3 is 0 Å². The van der Waals surface area contributed by atoms with Gasteiger partial charge in [-0.2, -0.15) is 0 Å². The summed E-state index contributed by atoms with van der Waals surface area (Å²) in [6.07, 6.45) is 9.49. The molecule has 0 atom stereocenters. The van der Waals surface area contributed by atoms with Gasteiger partial charge < -0.3 is 4.90 Å². The van der Waals surface area contributed by atoms with Gasteiger partial charge in [0.25, 0.3) is 0 Å². The zero-order chi connectivity index (χ0) is 13.5. The largest absolute Gasteiger partial charge is 0.339 e. The van der Waals surface area contributed by atoms with Crippen molar-refractivity contribution in [3.05, 3.63) is 41.5 Å². The van der Waals surface area contributed by atoms with Crippen molar-refractivity contribution in [1.29, 1.82) is 0 Å². The fourth-order valence-corrected chi connectivity index (χ4v) is 2.43. The minimum Gasteiger partial charge on any atom is -0.339 e. The maximum Gasteiger partial charge on any atom is 0.246 e. The van der Waals surface area contributed by atoms with Crippen LogP contribution in [0.2, 0.25) is 0 Å². The summed E-state index contributed by atoms with van der Waals surface area (Å²) in [6, 6.07) is 8.39. The van der Waals surface area contributed by atoms with Crippen LogP contribution in [0.15, 0.2) is 30.3 Å². The van der Waals surface area contributed by atoms with Crippen LogP contribution in [0.25, 0.3) is 6.08 Å². The molecule has 1 saturated heterocycles. The van der Waals surface area contributed by atoms with Crippen LogP contribution in [-0.4, -0.2) is 23.9 Å². The van der Waals surface area contributed by atoms with Crippen LogP contribution in [0, 0.1) is 0 Å². The van der Waals surface area contributed by atoms with Crippen molar-refractivity contribution in [3.8, 4) is 0 Å². The molecule has 2 nitrogen and oxygen atoms in total. The van der Waals surface area contributed by atoms with Gasteiger partial charge in [-0.25, -0.2) is 0 Å². The highest BCUT2D eigenvalue weighted by Gasteiger charge is 2.12. The summed E-state index contributed by atoms with van der Waals surface area (Å²) in [7, 11) is 0. The first-order valence-corrected chi connectivity index (χ1v) is 7.35. The molecule has 2 rings (SSSR count). The molecule has 0 saturated carbocycles.